The largest absolute Gasteiger partial charge is 0.377 e. The molecule has 0 unspecified atom stereocenters. The van der Waals surface area contributed by atoms with Gasteiger partial charge in [-0.3, -0.25) is 25.1 Å². The van der Waals surface area contributed by atoms with Crippen molar-refractivity contribution in [3.05, 3.63) is 85.8 Å². The molecule has 1 fully saturated rings. The summed E-state index contributed by atoms with van der Waals surface area (Å²) >= 11 is 1.41. The van der Waals surface area contributed by atoms with Gasteiger partial charge in [-0.15, -0.1) is 11.3 Å². The molecule has 4 aromatic rings. The third-order valence-electron chi connectivity index (χ3n) is 5.47. The van der Waals surface area contributed by atoms with Gasteiger partial charge in [0.25, 0.3) is 17.2 Å². The lowest BCUT2D eigenvalue weighted by Gasteiger charge is -2.10. The Labute approximate surface area is 191 Å². The quantitative estimate of drug-likeness (QED) is 0.326. The smallest absolute Gasteiger partial charge is 0.293 e. The Bertz CT molecular complexity index is 1460. The summed E-state index contributed by atoms with van der Waals surface area (Å²) in [5, 5.41) is 15.0. The number of rotatable bonds is 6. The third-order valence-corrected chi connectivity index (χ3v) is 6.48. The highest BCUT2D eigenvalue weighted by Gasteiger charge is 2.26. The number of nitro benzene ring substituents is 1. The van der Waals surface area contributed by atoms with Gasteiger partial charge < -0.3 is 5.32 Å². The molecule has 0 radical (unpaired) electrons. The zero-order chi connectivity index (χ0) is 23.1. The number of hydrogen-bond donors (Lipinski definition) is 2. The predicted molar refractivity (Wildman–Crippen MR) is 127 cm³/mol. The van der Waals surface area contributed by atoms with E-state index in [1.54, 1.807) is 0 Å². The lowest BCUT2D eigenvalue weighted by molar-refractivity contribution is -0.384. The fourth-order valence-corrected chi connectivity index (χ4v) is 4.71. The van der Waals surface area contributed by atoms with E-state index in [4.69, 9.17) is 0 Å². The van der Waals surface area contributed by atoms with Crippen molar-refractivity contribution < 1.29 is 9.72 Å². The SMILES string of the molecule is Cc1sc2ncn(NC(=O)c3ccc(NC4CC4)c([N+](=O)[O-])c3)c(=O)c2c1-c1ccccc1. The number of anilines is 1. The number of carbonyl (C=O) groups is 1. The van der Waals surface area contributed by atoms with Crippen LogP contribution in [-0.2, 0) is 0 Å². The standard InChI is InChI=1S/C23H19N5O4S/c1-13-19(14-5-3-2-4-6-14)20-22(33-13)24-12-27(23(20)30)26-21(29)15-7-10-17(25-16-8-9-16)18(11-15)28(31)32/h2-7,10-12,16,25H,8-9H2,1H3,(H,26,29). The second kappa shape index (κ2) is 8.14. The Morgan fingerprint density at radius 1 is 1.21 bits per heavy atom. The van der Waals surface area contributed by atoms with Crippen molar-refractivity contribution in [1.82, 2.24) is 9.66 Å². The number of benzene rings is 2. The number of amides is 1. The van der Waals surface area contributed by atoms with Crippen LogP contribution in [-0.4, -0.2) is 26.5 Å². The molecule has 166 valence electrons. The molecule has 2 aromatic heterocycles. The Morgan fingerprint density at radius 2 is 1.97 bits per heavy atom. The summed E-state index contributed by atoms with van der Waals surface area (Å²) in [6.07, 6.45) is 3.18. The number of carbonyl (C=O) groups excluding carboxylic acids is 1. The van der Waals surface area contributed by atoms with Crippen LogP contribution in [0.1, 0.15) is 28.1 Å². The van der Waals surface area contributed by atoms with Gasteiger partial charge in [0.2, 0.25) is 0 Å². The van der Waals surface area contributed by atoms with Crippen LogP contribution in [0.15, 0.2) is 59.7 Å². The molecule has 0 atom stereocenters. The number of aromatic nitrogens is 2. The number of thiophene rings is 1. The topological polar surface area (TPSA) is 119 Å². The first-order valence-corrected chi connectivity index (χ1v) is 11.2. The average Bonchev–Trinajstić information content (AvgIpc) is 3.55. The van der Waals surface area contributed by atoms with Crippen molar-refractivity contribution in [2.45, 2.75) is 25.8 Å². The van der Waals surface area contributed by atoms with E-state index >= 15 is 0 Å². The second-order valence-corrected chi connectivity index (χ2v) is 9.05. The Morgan fingerprint density at radius 3 is 2.67 bits per heavy atom. The van der Waals surface area contributed by atoms with Crippen molar-refractivity contribution in [2.75, 3.05) is 10.7 Å². The first-order chi connectivity index (χ1) is 15.9. The monoisotopic (exact) mass is 461 g/mol. The van der Waals surface area contributed by atoms with E-state index in [-0.39, 0.29) is 17.3 Å². The maximum Gasteiger partial charge on any atom is 0.293 e. The number of fused-ring (bicyclic) bond motifs is 1. The van der Waals surface area contributed by atoms with Crippen molar-refractivity contribution in [3.63, 3.8) is 0 Å². The fraction of sp³-hybridized carbons (Fsp3) is 0.174. The van der Waals surface area contributed by atoms with Crippen LogP contribution in [0.5, 0.6) is 0 Å². The van der Waals surface area contributed by atoms with Crippen LogP contribution in [0.2, 0.25) is 0 Å². The van der Waals surface area contributed by atoms with Crippen LogP contribution in [0.25, 0.3) is 21.3 Å². The minimum Gasteiger partial charge on any atom is -0.377 e. The van der Waals surface area contributed by atoms with E-state index in [1.807, 2.05) is 37.3 Å². The van der Waals surface area contributed by atoms with Crippen LogP contribution < -0.4 is 16.3 Å². The molecule has 9 nitrogen and oxygen atoms in total. The van der Waals surface area contributed by atoms with Gasteiger partial charge in [-0.1, -0.05) is 30.3 Å². The van der Waals surface area contributed by atoms with Gasteiger partial charge in [0, 0.05) is 28.1 Å². The summed E-state index contributed by atoms with van der Waals surface area (Å²) in [6, 6.07) is 14.0. The molecular weight excluding hydrogens is 442 g/mol. The molecule has 10 heteroatoms. The van der Waals surface area contributed by atoms with Gasteiger partial charge in [0.05, 0.1) is 10.3 Å². The number of hydrogen-bond acceptors (Lipinski definition) is 7. The summed E-state index contributed by atoms with van der Waals surface area (Å²) in [4.78, 5) is 42.9. The Balaban J connectivity index is 1.50. The van der Waals surface area contributed by atoms with Crippen LogP contribution in [0.3, 0.4) is 0 Å². The van der Waals surface area contributed by atoms with Crippen molar-refractivity contribution in [2.24, 2.45) is 0 Å². The first kappa shape index (κ1) is 20.8. The molecular formula is C23H19N5O4S. The minimum atomic E-state index is -0.646. The number of nitrogens with one attached hydrogen (secondary N) is 2. The lowest BCUT2D eigenvalue weighted by atomic mass is 10.0. The maximum atomic E-state index is 13.3. The lowest BCUT2D eigenvalue weighted by Crippen LogP contribution is -2.33. The van der Waals surface area contributed by atoms with Gasteiger partial charge in [-0.25, -0.2) is 9.66 Å². The molecule has 2 heterocycles. The van der Waals surface area contributed by atoms with Gasteiger partial charge in [-0.2, -0.15) is 0 Å². The average molecular weight is 462 g/mol. The molecule has 1 aliphatic rings. The van der Waals surface area contributed by atoms with Gasteiger partial charge in [0.15, 0.2) is 0 Å². The predicted octanol–water partition coefficient (Wildman–Crippen LogP) is 4.30. The first-order valence-electron chi connectivity index (χ1n) is 10.3. The van der Waals surface area contributed by atoms with Crippen LogP contribution >= 0.6 is 11.3 Å². The molecule has 1 saturated carbocycles. The van der Waals surface area contributed by atoms with Gasteiger partial charge in [0.1, 0.15) is 16.8 Å². The van der Waals surface area contributed by atoms with Gasteiger partial charge >= 0.3 is 0 Å². The molecule has 0 aliphatic heterocycles. The minimum absolute atomic E-state index is 0.0693. The molecule has 5 rings (SSSR count). The third kappa shape index (κ3) is 3.96. The fourth-order valence-electron chi connectivity index (χ4n) is 3.70. The van der Waals surface area contributed by atoms with Crippen molar-refractivity contribution in [1.29, 1.82) is 0 Å². The number of nitrogens with zero attached hydrogens (tertiary/aromatic N) is 3. The molecule has 0 spiro atoms. The highest BCUT2D eigenvalue weighted by atomic mass is 32.1. The molecule has 2 N–H and O–H groups in total. The summed E-state index contributed by atoms with van der Waals surface area (Å²) < 4.78 is 1.02. The highest BCUT2D eigenvalue weighted by Crippen LogP contribution is 2.35. The van der Waals surface area contributed by atoms with Gasteiger partial charge in [-0.05, 0) is 37.5 Å². The van der Waals surface area contributed by atoms with E-state index in [0.29, 0.717) is 15.9 Å². The van der Waals surface area contributed by atoms with Crippen LogP contribution in [0, 0.1) is 17.0 Å². The molecule has 1 aliphatic carbocycles. The molecule has 1 amide bonds. The van der Waals surface area contributed by atoms with E-state index < -0.39 is 16.4 Å². The van der Waals surface area contributed by atoms with E-state index in [9.17, 15) is 19.7 Å². The molecule has 33 heavy (non-hydrogen) atoms. The normalized spacial score (nSPS) is 13.1. The van der Waals surface area contributed by atoms with E-state index in [2.05, 4.69) is 15.7 Å². The van der Waals surface area contributed by atoms with E-state index in [0.717, 1.165) is 33.5 Å². The summed E-state index contributed by atoms with van der Waals surface area (Å²) in [5.74, 6) is -0.646. The van der Waals surface area contributed by atoms with Crippen molar-refractivity contribution >= 4 is 38.8 Å². The maximum absolute atomic E-state index is 13.3. The summed E-state index contributed by atoms with van der Waals surface area (Å²) in [6.45, 7) is 1.92. The Kier molecular flexibility index (Phi) is 5.14. The second-order valence-electron chi connectivity index (χ2n) is 7.85. The molecule has 0 bridgehead atoms. The summed E-state index contributed by atoms with van der Waals surface area (Å²) in [7, 11) is 0. The Hall–Kier alpha value is -4.05. The molecule has 0 saturated heterocycles. The zero-order valence-corrected chi connectivity index (χ0v) is 18.4. The number of nitro groups is 1. The van der Waals surface area contributed by atoms with Crippen molar-refractivity contribution in [3.8, 4) is 11.1 Å². The van der Waals surface area contributed by atoms with Crippen LogP contribution in [0.4, 0.5) is 11.4 Å². The number of aryl methyl sites for hydroxylation is 1. The summed E-state index contributed by atoms with van der Waals surface area (Å²) in [5.41, 5.74) is 4.02. The highest BCUT2D eigenvalue weighted by molar-refractivity contribution is 7.19. The van der Waals surface area contributed by atoms with E-state index in [1.165, 1.54) is 35.9 Å². The molecule has 2 aromatic carbocycles. The zero-order valence-electron chi connectivity index (χ0n) is 17.6.